The number of likely N-dealkylation sites (tertiary alicyclic amines) is 1. The van der Waals surface area contributed by atoms with Gasteiger partial charge in [-0.05, 0) is 37.7 Å². The number of aromatic nitrogens is 3. The molecule has 0 N–H and O–H groups in total. The Morgan fingerprint density at radius 2 is 1.92 bits per heavy atom. The van der Waals surface area contributed by atoms with E-state index in [0.717, 1.165) is 57.0 Å². The van der Waals surface area contributed by atoms with E-state index in [1.54, 1.807) is 0 Å². The van der Waals surface area contributed by atoms with Gasteiger partial charge in [-0.25, -0.2) is 0 Å². The van der Waals surface area contributed by atoms with Gasteiger partial charge in [-0.2, -0.15) is 0 Å². The van der Waals surface area contributed by atoms with E-state index >= 15 is 0 Å². The smallest absolute Gasteiger partial charge is 0.222 e. The van der Waals surface area contributed by atoms with Crippen molar-refractivity contribution < 1.29 is 4.79 Å². The van der Waals surface area contributed by atoms with Crippen LogP contribution in [0.25, 0.3) is 0 Å². The van der Waals surface area contributed by atoms with Crippen molar-refractivity contribution in [2.75, 3.05) is 13.1 Å². The third kappa shape index (κ3) is 3.81. The molecule has 5 nitrogen and oxygen atoms in total. The zero-order valence-corrected chi connectivity index (χ0v) is 15.4. The van der Waals surface area contributed by atoms with Crippen molar-refractivity contribution in [3.05, 3.63) is 47.5 Å². The van der Waals surface area contributed by atoms with Crippen molar-refractivity contribution in [3.63, 3.8) is 0 Å². The number of nitrogens with zero attached hydrogens (tertiary/aromatic N) is 4. The second kappa shape index (κ2) is 8.02. The maximum atomic E-state index is 12.7. The Kier molecular flexibility index (Phi) is 5.32. The Balaban J connectivity index is 1.40. The van der Waals surface area contributed by atoms with Crippen LogP contribution in [0.2, 0.25) is 0 Å². The van der Waals surface area contributed by atoms with Crippen LogP contribution >= 0.6 is 0 Å². The lowest BCUT2D eigenvalue weighted by Gasteiger charge is -2.32. The van der Waals surface area contributed by atoms with E-state index in [1.807, 2.05) is 18.2 Å². The number of carbonyl (C=O) groups is 1. The molecule has 1 unspecified atom stereocenters. The Bertz CT molecular complexity index is 740. The highest BCUT2D eigenvalue weighted by atomic mass is 16.2. The number of piperidine rings is 1. The van der Waals surface area contributed by atoms with Gasteiger partial charge in [0.1, 0.15) is 11.6 Å². The maximum absolute atomic E-state index is 12.7. The van der Waals surface area contributed by atoms with E-state index in [9.17, 15) is 4.79 Å². The second-order valence-electron chi connectivity index (χ2n) is 7.60. The molecule has 0 aliphatic carbocycles. The van der Waals surface area contributed by atoms with Gasteiger partial charge in [-0.1, -0.05) is 36.8 Å². The topological polar surface area (TPSA) is 51.0 Å². The van der Waals surface area contributed by atoms with Crippen LogP contribution in [0.5, 0.6) is 0 Å². The summed E-state index contributed by atoms with van der Waals surface area (Å²) >= 11 is 0. The monoisotopic (exact) mass is 352 g/mol. The lowest BCUT2D eigenvalue weighted by Crippen LogP contribution is -2.40. The highest BCUT2D eigenvalue weighted by Gasteiger charge is 2.29. The number of hydrogen-bond donors (Lipinski definition) is 0. The first-order valence-electron chi connectivity index (χ1n) is 10.0. The summed E-state index contributed by atoms with van der Waals surface area (Å²) < 4.78 is 2.34. The van der Waals surface area contributed by atoms with Crippen LogP contribution in [0, 0.1) is 0 Å². The normalized spacial score (nSPS) is 20.5. The molecule has 2 aliphatic rings. The first-order valence-corrected chi connectivity index (χ1v) is 10.0. The third-order valence-electron chi connectivity index (χ3n) is 5.75. The van der Waals surface area contributed by atoms with E-state index in [2.05, 4.69) is 31.8 Å². The van der Waals surface area contributed by atoms with Gasteiger partial charge in [0.2, 0.25) is 5.91 Å². The fourth-order valence-corrected chi connectivity index (χ4v) is 4.28. The number of aryl methyl sites for hydroxylation is 2. The molecule has 3 heterocycles. The molecule has 0 radical (unpaired) electrons. The molecule has 1 amide bonds. The highest BCUT2D eigenvalue weighted by molar-refractivity contribution is 5.76. The van der Waals surface area contributed by atoms with Crippen LogP contribution in [0.3, 0.4) is 0 Å². The van der Waals surface area contributed by atoms with Crippen LogP contribution < -0.4 is 0 Å². The summed E-state index contributed by atoms with van der Waals surface area (Å²) in [6.45, 7) is 2.72. The average Bonchev–Trinajstić information content (AvgIpc) is 2.95. The molecular weight excluding hydrogens is 324 g/mol. The maximum Gasteiger partial charge on any atom is 0.222 e. The van der Waals surface area contributed by atoms with E-state index in [4.69, 9.17) is 0 Å². The van der Waals surface area contributed by atoms with E-state index in [-0.39, 0.29) is 5.91 Å². The van der Waals surface area contributed by atoms with Gasteiger partial charge in [-0.3, -0.25) is 4.79 Å². The minimum absolute atomic E-state index is 0.272. The summed E-state index contributed by atoms with van der Waals surface area (Å²) in [4.78, 5) is 14.8. The fourth-order valence-electron chi connectivity index (χ4n) is 4.28. The average molecular weight is 352 g/mol. The van der Waals surface area contributed by atoms with Crippen LogP contribution in [0.15, 0.2) is 30.3 Å². The van der Waals surface area contributed by atoms with Gasteiger partial charge < -0.3 is 9.47 Å². The van der Waals surface area contributed by atoms with Gasteiger partial charge in [0, 0.05) is 38.4 Å². The molecule has 1 aromatic heterocycles. The number of rotatable bonds is 4. The van der Waals surface area contributed by atoms with Crippen LogP contribution in [-0.4, -0.2) is 38.7 Å². The molecule has 2 aromatic rings. The predicted octanol–water partition coefficient (Wildman–Crippen LogP) is 3.34. The van der Waals surface area contributed by atoms with Crippen molar-refractivity contribution in [1.82, 2.24) is 19.7 Å². The molecule has 26 heavy (non-hydrogen) atoms. The third-order valence-corrected chi connectivity index (χ3v) is 5.75. The molecule has 4 rings (SSSR count). The molecule has 5 heteroatoms. The zero-order chi connectivity index (χ0) is 17.8. The van der Waals surface area contributed by atoms with Crippen LogP contribution in [0.4, 0.5) is 0 Å². The molecule has 2 aliphatic heterocycles. The van der Waals surface area contributed by atoms with Gasteiger partial charge >= 0.3 is 0 Å². The largest absolute Gasteiger partial charge is 0.342 e. The molecule has 0 saturated carbocycles. The molecule has 1 aromatic carbocycles. The molecular formula is C21H28N4O. The van der Waals surface area contributed by atoms with Crippen molar-refractivity contribution in [1.29, 1.82) is 0 Å². The molecule has 138 valence electrons. The fraction of sp³-hybridized carbons (Fsp3) is 0.571. The number of fused-ring (bicyclic) bond motifs is 1. The molecule has 0 spiro atoms. The summed E-state index contributed by atoms with van der Waals surface area (Å²) in [7, 11) is 0. The molecule has 0 bridgehead atoms. The molecule has 1 fully saturated rings. The van der Waals surface area contributed by atoms with Gasteiger partial charge in [-0.15, -0.1) is 10.2 Å². The number of carbonyl (C=O) groups excluding carboxylic acids is 1. The van der Waals surface area contributed by atoms with E-state index in [0.29, 0.717) is 12.3 Å². The first-order chi connectivity index (χ1) is 12.8. The molecule has 1 atom stereocenters. The van der Waals surface area contributed by atoms with Crippen LogP contribution in [0.1, 0.15) is 61.7 Å². The Morgan fingerprint density at radius 1 is 1.04 bits per heavy atom. The van der Waals surface area contributed by atoms with Gasteiger partial charge in [0.05, 0.1) is 0 Å². The first kappa shape index (κ1) is 17.3. The van der Waals surface area contributed by atoms with Crippen molar-refractivity contribution >= 4 is 5.91 Å². The standard InChI is InChI=1S/C21H28N4O/c26-20(13-12-17-8-3-1-4-9-17)24-14-7-10-18(16-24)21-23-22-19-11-5-2-6-15-25(19)21/h1,3-4,8-9,18H,2,5-7,10-16H2. The zero-order valence-electron chi connectivity index (χ0n) is 15.4. The minimum Gasteiger partial charge on any atom is -0.342 e. The van der Waals surface area contributed by atoms with E-state index < -0.39 is 0 Å². The quantitative estimate of drug-likeness (QED) is 0.848. The number of hydrogen-bond acceptors (Lipinski definition) is 3. The summed E-state index contributed by atoms with van der Waals surface area (Å²) in [6, 6.07) is 10.3. The van der Waals surface area contributed by atoms with Gasteiger partial charge in [0.25, 0.3) is 0 Å². The van der Waals surface area contributed by atoms with Gasteiger partial charge in [0.15, 0.2) is 0 Å². The number of amides is 1. The Hall–Kier alpha value is -2.17. The lowest BCUT2D eigenvalue weighted by atomic mass is 9.96. The predicted molar refractivity (Wildman–Crippen MR) is 101 cm³/mol. The summed E-state index contributed by atoms with van der Waals surface area (Å²) in [5, 5.41) is 8.97. The van der Waals surface area contributed by atoms with Crippen molar-refractivity contribution in [2.45, 2.75) is 63.8 Å². The SMILES string of the molecule is O=C(CCc1ccccc1)N1CCCC(c2nnc3n2CCCCC3)C1. The summed E-state index contributed by atoms with van der Waals surface area (Å²) in [6.07, 6.45) is 8.33. The minimum atomic E-state index is 0.272. The second-order valence-corrected chi connectivity index (χ2v) is 7.60. The number of benzene rings is 1. The van der Waals surface area contributed by atoms with Crippen molar-refractivity contribution in [2.24, 2.45) is 0 Å². The Morgan fingerprint density at radius 3 is 2.81 bits per heavy atom. The summed E-state index contributed by atoms with van der Waals surface area (Å²) in [5.74, 6) is 2.87. The molecule has 1 saturated heterocycles. The van der Waals surface area contributed by atoms with Crippen LogP contribution in [-0.2, 0) is 24.2 Å². The lowest BCUT2D eigenvalue weighted by molar-refractivity contribution is -0.132. The Labute approximate surface area is 155 Å². The highest BCUT2D eigenvalue weighted by Crippen LogP contribution is 2.28. The van der Waals surface area contributed by atoms with Crippen molar-refractivity contribution in [3.8, 4) is 0 Å². The van der Waals surface area contributed by atoms with E-state index in [1.165, 1.54) is 24.8 Å². The summed E-state index contributed by atoms with van der Waals surface area (Å²) in [5.41, 5.74) is 1.23.